The molecule has 3 aromatic carbocycles. The minimum absolute atomic E-state index is 0.195. The van der Waals surface area contributed by atoms with Crippen molar-refractivity contribution in [3.63, 3.8) is 0 Å². The smallest absolute Gasteiger partial charge is 0.335 e. The van der Waals surface area contributed by atoms with E-state index < -0.39 is 17.8 Å². The van der Waals surface area contributed by atoms with E-state index in [4.69, 9.17) is 16.3 Å². The van der Waals surface area contributed by atoms with E-state index in [0.29, 0.717) is 34.5 Å². The van der Waals surface area contributed by atoms with Gasteiger partial charge in [0.05, 0.1) is 12.8 Å². The van der Waals surface area contributed by atoms with Crippen molar-refractivity contribution in [2.45, 2.75) is 19.8 Å². The standard InChI is InChI=1S/C27H22ClFN2O4/c1-3-17-8-5-7-11-23(17)31-26(33)20(25(32)30-27(31)34)12-16-13-21(28)19(24(14-16)35-2)15-18-9-4-6-10-22(18)29/h4-14H,3,15H2,1-2H3,(H,30,32,34)/b20-12-. The number of amides is 4. The van der Waals surface area contributed by atoms with Gasteiger partial charge in [0.1, 0.15) is 17.1 Å². The third kappa shape index (κ3) is 4.81. The van der Waals surface area contributed by atoms with E-state index in [1.165, 1.54) is 19.3 Å². The second-order valence-corrected chi connectivity index (χ2v) is 8.30. The lowest BCUT2D eigenvalue weighted by atomic mass is 10.00. The third-order valence-corrected chi connectivity index (χ3v) is 6.09. The Balaban J connectivity index is 1.73. The van der Waals surface area contributed by atoms with Gasteiger partial charge >= 0.3 is 6.03 Å². The Morgan fingerprint density at radius 2 is 1.71 bits per heavy atom. The Labute approximate surface area is 207 Å². The SMILES string of the molecule is CCc1ccccc1N1C(=O)NC(=O)/C(=C/c2cc(Cl)c(Cc3ccccc3F)c(OC)c2)C1=O. The minimum Gasteiger partial charge on any atom is -0.496 e. The number of ether oxygens (including phenoxy) is 1. The summed E-state index contributed by atoms with van der Waals surface area (Å²) < 4.78 is 19.6. The largest absolute Gasteiger partial charge is 0.496 e. The number of hydrogen-bond donors (Lipinski definition) is 1. The second kappa shape index (κ2) is 10.1. The first kappa shape index (κ1) is 24.2. The maximum absolute atomic E-state index is 14.2. The quantitative estimate of drug-likeness (QED) is 0.374. The number of carbonyl (C=O) groups is 3. The molecule has 0 radical (unpaired) electrons. The van der Waals surface area contributed by atoms with Crippen LogP contribution in [0.4, 0.5) is 14.9 Å². The van der Waals surface area contributed by atoms with Crippen molar-refractivity contribution in [2.24, 2.45) is 0 Å². The maximum Gasteiger partial charge on any atom is 0.335 e. The summed E-state index contributed by atoms with van der Waals surface area (Å²) >= 11 is 6.51. The van der Waals surface area contributed by atoms with Gasteiger partial charge in [-0.3, -0.25) is 14.9 Å². The number of rotatable bonds is 6. The van der Waals surface area contributed by atoms with Gasteiger partial charge in [0.2, 0.25) is 0 Å². The molecule has 0 spiro atoms. The molecule has 0 aromatic heterocycles. The second-order valence-electron chi connectivity index (χ2n) is 7.89. The summed E-state index contributed by atoms with van der Waals surface area (Å²) in [5, 5.41) is 2.51. The molecule has 1 aliphatic heterocycles. The highest BCUT2D eigenvalue weighted by atomic mass is 35.5. The predicted octanol–water partition coefficient (Wildman–Crippen LogP) is 5.31. The van der Waals surface area contributed by atoms with Crippen molar-refractivity contribution in [3.05, 3.63) is 99.3 Å². The molecule has 4 amide bonds. The molecule has 1 N–H and O–H groups in total. The molecular weight excluding hydrogens is 471 g/mol. The lowest BCUT2D eigenvalue weighted by molar-refractivity contribution is -0.122. The lowest BCUT2D eigenvalue weighted by Crippen LogP contribution is -2.54. The van der Waals surface area contributed by atoms with E-state index in [-0.39, 0.29) is 22.8 Å². The Kier molecular flexibility index (Phi) is 6.98. The molecule has 178 valence electrons. The van der Waals surface area contributed by atoms with E-state index in [1.54, 1.807) is 42.5 Å². The molecule has 0 saturated carbocycles. The zero-order chi connectivity index (χ0) is 25.1. The molecule has 0 aliphatic carbocycles. The number of carbonyl (C=O) groups excluding carboxylic acids is 3. The van der Waals surface area contributed by atoms with Gasteiger partial charge in [-0.05, 0) is 53.5 Å². The number of hydrogen-bond acceptors (Lipinski definition) is 4. The average molecular weight is 493 g/mol. The van der Waals surface area contributed by atoms with E-state index in [2.05, 4.69) is 5.32 Å². The molecule has 1 aliphatic rings. The van der Waals surface area contributed by atoms with Crippen molar-refractivity contribution >= 4 is 41.2 Å². The Morgan fingerprint density at radius 3 is 2.40 bits per heavy atom. The van der Waals surface area contributed by atoms with Gasteiger partial charge in [-0.25, -0.2) is 14.1 Å². The molecule has 4 rings (SSSR count). The number of barbiturate groups is 1. The van der Waals surface area contributed by atoms with Gasteiger partial charge in [-0.1, -0.05) is 54.9 Å². The number of aryl methyl sites for hydroxylation is 1. The summed E-state index contributed by atoms with van der Waals surface area (Å²) in [6, 6.07) is 15.7. The predicted molar refractivity (Wildman–Crippen MR) is 132 cm³/mol. The van der Waals surface area contributed by atoms with Gasteiger partial charge in [0, 0.05) is 17.0 Å². The zero-order valence-corrected chi connectivity index (χ0v) is 19.9. The number of methoxy groups -OCH3 is 1. The van der Waals surface area contributed by atoms with Crippen LogP contribution in [-0.2, 0) is 22.4 Å². The summed E-state index contributed by atoms with van der Waals surface area (Å²) in [6.07, 6.45) is 2.14. The first-order chi connectivity index (χ1) is 16.8. The fraction of sp³-hybridized carbons (Fsp3) is 0.148. The fourth-order valence-electron chi connectivity index (χ4n) is 3.97. The van der Waals surface area contributed by atoms with Crippen molar-refractivity contribution in [2.75, 3.05) is 12.0 Å². The van der Waals surface area contributed by atoms with Crippen LogP contribution >= 0.6 is 11.6 Å². The maximum atomic E-state index is 14.2. The van der Waals surface area contributed by atoms with Crippen LogP contribution in [0.1, 0.15) is 29.2 Å². The summed E-state index contributed by atoms with van der Waals surface area (Å²) in [5.41, 5.74) is 2.40. The van der Waals surface area contributed by atoms with E-state index in [0.717, 1.165) is 10.5 Å². The Morgan fingerprint density at radius 1 is 1.03 bits per heavy atom. The van der Waals surface area contributed by atoms with E-state index in [1.807, 2.05) is 19.1 Å². The molecule has 8 heteroatoms. The number of urea groups is 1. The lowest BCUT2D eigenvalue weighted by Gasteiger charge is -2.28. The number of nitrogens with one attached hydrogen (secondary N) is 1. The van der Waals surface area contributed by atoms with Crippen LogP contribution in [0.5, 0.6) is 5.75 Å². The number of halogens is 2. The molecule has 1 saturated heterocycles. The van der Waals surface area contributed by atoms with Crippen LogP contribution in [-0.4, -0.2) is 25.0 Å². The highest BCUT2D eigenvalue weighted by molar-refractivity contribution is 6.39. The number of para-hydroxylation sites is 1. The molecule has 0 unspecified atom stereocenters. The summed E-state index contributed by atoms with van der Waals surface area (Å²) in [4.78, 5) is 39.4. The van der Waals surface area contributed by atoms with Crippen molar-refractivity contribution in [3.8, 4) is 5.75 Å². The molecule has 3 aromatic rings. The van der Waals surface area contributed by atoms with E-state index in [9.17, 15) is 18.8 Å². The number of imide groups is 2. The Hall–Kier alpha value is -3.97. The highest BCUT2D eigenvalue weighted by Crippen LogP contribution is 2.33. The summed E-state index contributed by atoms with van der Waals surface area (Å²) in [6.45, 7) is 1.91. The van der Waals surface area contributed by atoms with Gasteiger partial charge in [-0.15, -0.1) is 0 Å². The highest BCUT2D eigenvalue weighted by Gasteiger charge is 2.37. The number of anilines is 1. The summed E-state index contributed by atoms with van der Waals surface area (Å²) in [5.74, 6) is -1.54. The van der Waals surface area contributed by atoms with Gasteiger partial charge in [0.25, 0.3) is 11.8 Å². The van der Waals surface area contributed by atoms with Crippen LogP contribution in [0.3, 0.4) is 0 Å². The summed E-state index contributed by atoms with van der Waals surface area (Å²) in [7, 11) is 1.45. The van der Waals surface area contributed by atoms with Crippen LogP contribution in [0.25, 0.3) is 6.08 Å². The topological polar surface area (TPSA) is 75.7 Å². The van der Waals surface area contributed by atoms with Crippen LogP contribution in [0.15, 0.2) is 66.2 Å². The Bertz CT molecular complexity index is 1370. The van der Waals surface area contributed by atoms with Crippen LogP contribution in [0.2, 0.25) is 5.02 Å². The number of nitrogens with zero attached hydrogens (tertiary/aromatic N) is 1. The van der Waals surface area contributed by atoms with Crippen LogP contribution < -0.4 is 15.0 Å². The first-order valence-corrected chi connectivity index (χ1v) is 11.3. The molecular formula is C27H22ClFN2O4. The molecule has 0 bridgehead atoms. The molecule has 0 atom stereocenters. The van der Waals surface area contributed by atoms with Crippen molar-refractivity contribution in [1.82, 2.24) is 5.32 Å². The molecule has 1 heterocycles. The van der Waals surface area contributed by atoms with Gasteiger partial charge in [-0.2, -0.15) is 0 Å². The molecule has 1 fully saturated rings. The molecule has 6 nitrogen and oxygen atoms in total. The zero-order valence-electron chi connectivity index (χ0n) is 19.1. The third-order valence-electron chi connectivity index (χ3n) is 5.75. The van der Waals surface area contributed by atoms with Crippen molar-refractivity contribution < 1.29 is 23.5 Å². The van der Waals surface area contributed by atoms with Gasteiger partial charge < -0.3 is 4.74 Å². The first-order valence-electron chi connectivity index (χ1n) is 10.9. The van der Waals surface area contributed by atoms with Crippen molar-refractivity contribution in [1.29, 1.82) is 0 Å². The van der Waals surface area contributed by atoms with Crippen LogP contribution in [0, 0.1) is 5.82 Å². The van der Waals surface area contributed by atoms with Gasteiger partial charge in [0.15, 0.2) is 0 Å². The average Bonchev–Trinajstić information content (AvgIpc) is 2.84. The normalized spacial score (nSPS) is 14.9. The molecule has 35 heavy (non-hydrogen) atoms. The minimum atomic E-state index is -0.811. The monoisotopic (exact) mass is 492 g/mol. The fourth-order valence-corrected chi connectivity index (χ4v) is 4.26. The number of benzene rings is 3. The van der Waals surface area contributed by atoms with E-state index >= 15 is 0 Å².